The monoisotopic (exact) mass is 236 g/mol. The third-order valence-electron chi connectivity index (χ3n) is 4.48. The number of hydrogen-bond donors (Lipinski definition) is 1. The first-order valence-electron chi connectivity index (χ1n) is 6.87. The minimum atomic E-state index is -0.215. The summed E-state index contributed by atoms with van der Waals surface area (Å²) in [6.07, 6.45) is 9.11. The van der Waals surface area contributed by atoms with Gasteiger partial charge in [0.25, 0.3) is 0 Å². The van der Waals surface area contributed by atoms with Crippen LogP contribution in [-0.2, 0) is 0 Å². The highest BCUT2D eigenvalue weighted by Gasteiger charge is 2.37. The Labute approximate surface area is 107 Å². The number of aliphatic hydroxyl groups excluding tert-OH is 1. The van der Waals surface area contributed by atoms with Crippen LogP contribution in [0, 0.1) is 11.3 Å². The highest BCUT2D eigenvalue weighted by molar-refractivity contribution is 5.14. The average Bonchev–Trinajstić information content (AvgIpc) is 2.22. The summed E-state index contributed by atoms with van der Waals surface area (Å²) in [5, 5.41) is 9.90. The number of hydrogen-bond acceptors (Lipinski definition) is 1. The van der Waals surface area contributed by atoms with Gasteiger partial charge in [-0.15, -0.1) is 0 Å². The van der Waals surface area contributed by atoms with E-state index in [-0.39, 0.29) is 11.5 Å². The lowest BCUT2D eigenvalue weighted by atomic mass is 9.66. The van der Waals surface area contributed by atoms with Crippen LogP contribution in [0.2, 0.25) is 0 Å². The zero-order valence-corrected chi connectivity index (χ0v) is 12.1. The van der Waals surface area contributed by atoms with E-state index < -0.39 is 0 Å². The predicted molar refractivity (Wildman–Crippen MR) is 74.9 cm³/mol. The fraction of sp³-hybridized carbons (Fsp3) is 0.750. The minimum absolute atomic E-state index is 0.0695. The molecule has 3 atom stereocenters. The van der Waals surface area contributed by atoms with Crippen molar-refractivity contribution in [2.45, 2.75) is 66.4 Å². The first-order valence-corrected chi connectivity index (χ1v) is 6.87. The number of aliphatic hydroxyl groups is 1. The fourth-order valence-corrected chi connectivity index (χ4v) is 2.63. The Morgan fingerprint density at radius 2 is 2.24 bits per heavy atom. The molecule has 0 aromatic carbocycles. The minimum Gasteiger partial charge on any atom is -0.393 e. The molecule has 98 valence electrons. The molecular formula is C16H28O. The zero-order chi connectivity index (χ0) is 13.1. The van der Waals surface area contributed by atoms with E-state index in [9.17, 15) is 5.11 Å². The van der Waals surface area contributed by atoms with E-state index in [2.05, 4.69) is 39.8 Å². The topological polar surface area (TPSA) is 20.2 Å². The highest BCUT2D eigenvalue weighted by atomic mass is 16.3. The highest BCUT2D eigenvalue weighted by Crippen LogP contribution is 2.43. The Morgan fingerprint density at radius 1 is 1.59 bits per heavy atom. The molecule has 0 aromatic heterocycles. The Morgan fingerprint density at radius 3 is 2.71 bits per heavy atom. The lowest BCUT2D eigenvalue weighted by Gasteiger charge is -2.41. The largest absolute Gasteiger partial charge is 0.393 e. The average molecular weight is 236 g/mol. The van der Waals surface area contributed by atoms with Gasteiger partial charge in [-0.05, 0) is 57.8 Å². The van der Waals surface area contributed by atoms with Gasteiger partial charge >= 0.3 is 0 Å². The number of rotatable bonds is 4. The maximum atomic E-state index is 9.90. The van der Waals surface area contributed by atoms with Gasteiger partial charge in [-0.25, -0.2) is 0 Å². The molecule has 1 N–H and O–H groups in total. The molecule has 17 heavy (non-hydrogen) atoms. The van der Waals surface area contributed by atoms with Crippen molar-refractivity contribution >= 4 is 0 Å². The molecule has 1 unspecified atom stereocenters. The van der Waals surface area contributed by atoms with E-state index in [0.29, 0.717) is 5.92 Å². The van der Waals surface area contributed by atoms with E-state index in [1.165, 1.54) is 12.0 Å². The summed E-state index contributed by atoms with van der Waals surface area (Å²) < 4.78 is 0. The molecule has 1 aliphatic carbocycles. The van der Waals surface area contributed by atoms with Crippen LogP contribution in [-0.4, -0.2) is 11.2 Å². The second kappa shape index (κ2) is 5.86. The normalized spacial score (nSPS) is 30.7. The van der Waals surface area contributed by atoms with Gasteiger partial charge in [0.05, 0.1) is 6.10 Å². The summed E-state index contributed by atoms with van der Waals surface area (Å²) >= 11 is 0. The van der Waals surface area contributed by atoms with Crippen molar-refractivity contribution in [3.05, 3.63) is 23.3 Å². The second-order valence-electron chi connectivity index (χ2n) is 6.12. The summed E-state index contributed by atoms with van der Waals surface area (Å²) in [4.78, 5) is 0. The van der Waals surface area contributed by atoms with Crippen LogP contribution in [0.4, 0.5) is 0 Å². The fourth-order valence-electron chi connectivity index (χ4n) is 2.63. The standard InChI is InChI=1S/C16H28O/c1-12(2)7-6-8-15-9-10-16(5,14(4)17)13(3)11-15/h7,11,13-14,17H,6,8-10H2,1-5H3/t13-,14?,16+/m1/s1. The van der Waals surface area contributed by atoms with Crippen molar-refractivity contribution in [2.75, 3.05) is 0 Å². The van der Waals surface area contributed by atoms with Crippen LogP contribution in [0.15, 0.2) is 23.3 Å². The molecule has 1 aliphatic rings. The van der Waals surface area contributed by atoms with Gasteiger partial charge in [-0.1, -0.05) is 37.1 Å². The molecule has 0 radical (unpaired) electrons. The van der Waals surface area contributed by atoms with Crippen molar-refractivity contribution < 1.29 is 5.11 Å². The SMILES string of the molecule is CC(C)=CCCC1=C[C@@H](C)[C@@](C)(C(C)O)CC1. The third-order valence-corrected chi connectivity index (χ3v) is 4.48. The predicted octanol–water partition coefficient (Wildman–Crippen LogP) is 4.48. The molecular weight excluding hydrogens is 208 g/mol. The van der Waals surface area contributed by atoms with Crippen molar-refractivity contribution in [1.29, 1.82) is 0 Å². The first-order chi connectivity index (χ1) is 7.86. The van der Waals surface area contributed by atoms with E-state index in [1.54, 1.807) is 5.57 Å². The van der Waals surface area contributed by atoms with Crippen LogP contribution < -0.4 is 0 Å². The molecule has 0 amide bonds. The van der Waals surface area contributed by atoms with Crippen molar-refractivity contribution in [3.63, 3.8) is 0 Å². The molecule has 1 heteroatoms. The molecule has 0 spiro atoms. The van der Waals surface area contributed by atoms with Crippen LogP contribution in [0.5, 0.6) is 0 Å². The van der Waals surface area contributed by atoms with Crippen LogP contribution in [0.3, 0.4) is 0 Å². The van der Waals surface area contributed by atoms with Crippen molar-refractivity contribution in [3.8, 4) is 0 Å². The number of allylic oxidation sites excluding steroid dienone is 4. The quantitative estimate of drug-likeness (QED) is 0.714. The lowest BCUT2D eigenvalue weighted by molar-refractivity contribution is 0.0138. The molecule has 0 fully saturated rings. The lowest BCUT2D eigenvalue weighted by Crippen LogP contribution is -2.37. The van der Waals surface area contributed by atoms with Gasteiger partial charge in [0.2, 0.25) is 0 Å². The van der Waals surface area contributed by atoms with Gasteiger partial charge in [0, 0.05) is 0 Å². The molecule has 0 aliphatic heterocycles. The molecule has 0 bridgehead atoms. The van der Waals surface area contributed by atoms with E-state index in [4.69, 9.17) is 0 Å². The van der Waals surface area contributed by atoms with Crippen molar-refractivity contribution in [2.24, 2.45) is 11.3 Å². The summed E-state index contributed by atoms with van der Waals surface area (Å²) in [7, 11) is 0. The van der Waals surface area contributed by atoms with Crippen LogP contribution in [0.1, 0.15) is 60.3 Å². The van der Waals surface area contributed by atoms with Crippen LogP contribution in [0.25, 0.3) is 0 Å². The van der Waals surface area contributed by atoms with E-state index in [0.717, 1.165) is 19.3 Å². The van der Waals surface area contributed by atoms with Gasteiger partial charge in [0.1, 0.15) is 0 Å². The molecule has 1 nitrogen and oxygen atoms in total. The third kappa shape index (κ3) is 3.70. The smallest absolute Gasteiger partial charge is 0.0571 e. The Kier molecular flexibility index (Phi) is 5.00. The molecule has 0 saturated carbocycles. The van der Waals surface area contributed by atoms with Gasteiger partial charge in [-0.2, -0.15) is 0 Å². The van der Waals surface area contributed by atoms with Crippen LogP contribution >= 0.6 is 0 Å². The summed E-state index contributed by atoms with van der Waals surface area (Å²) in [6, 6.07) is 0. The van der Waals surface area contributed by atoms with Gasteiger partial charge in [0.15, 0.2) is 0 Å². The second-order valence-corrected chi connectivity index (χ2v) is 6.12. The molecule has 0 aromatic rings. The summed E-state index contributed by atoms with van der Waals surface area (Å²) in [5.41, 5.74) is 3.05. The maximum Gasteiger partial charge on any atom is 0.0571 e. The molecule has 0 heterocycles. The maximum absolute atomic E-state index is 9.90. The Hall–Kier alpha value is -0.560. The van der Waals surface area contributed by atoms with Gasteiger partial charge < -0.3 is 5.11 Å². The Balaban J connectivity index is 2.60. The first kappa shape index (κ1) is 14.5. The van der Waals surface area contributed by atoms with Gasteiger partial charge in [-0.3, -0.25) is 0 Å². The Bertz CT molecular complexity index is 307. The summed E-state index contributed by atoms with van der Waals surface area (Å²) in [5.74, 6) is 0.484. The molecule has 1 rings (SSSR count). The summed E-state index contributed by atoms with van der Waals surface area (Å²) in [6.45, 7) is 10.7. The van der Waals surface area contributed by atoms with E-state index in [1.807, 2.05) is 6.92 Å². The zero-order valence-electron chi connectivity index (χ0n) is 12.1. The van der Waals surface area contributed by atoms with Crippen molar-refractivity contribution in [1.82, 2.24) is 0 Å². The molecule has 0 saturated heterocycles. The van der Waals surface area contributed by atoms with E-state index >= 15 is 0 Å².